The van der Waals surface area contributed by atoms with Crippen molar-refractivity contribution in [3.63, 3.8) is 0 Å². The number of nitrogens with two attached hydrogens (primary N) is 1. The van der Waals surface area contributed by atoms with Crippen LogP contribution in [0.3, 0.4) is 0 Å². The molecule has 0 aliphatic heterocycles. The van der Waals surface area contributed by atoms with Crippen molar-refractivity contribution in [1.29, 1.82) is 0 Å². The molecule has 0 aromatic heterocycles. The summed E-state index contributed by atoms with van der Waals surface area (Å²) in [5.41, 5.74) is 2.24. The Balaban J connectivity index is 2.12. The van der Waals surface area contributed by atoms with Crippen LogP contribution in [0, 0.1) is 0 Å². The molecular formula is C17H28N2O2. The maximum Gasteiger partial charge on any atom is 0.133 e. The van der Waals surface area contributed by atoms with Gasteiger partial charge < -0.3 is 5.32 Å². The fourth-order valence-corrected chi connectivity index (χ4v) is 2.23. The number of carbonyl (C=O) groups excluding carboxylic acids is 1. The van der Waals surface area contributed by atoms with E-state index in [1.165, 1.54) is 5.56 Å². The number of hydrogen-bond donors (Lipinski definition) is 2. The molecule has 1 aromatic rings. The molecule has 0 bridgehead atoms. The van der Waals surface area contributed by atoms with E-state index in [1.807, 2.05) is 24.3 Å². The van der Waals surface area contributed by atoms with E-state index in [9.17, 15) is 4.79 Å². The summed E-state index contributed by atoms with van der Waals surface area (Å²) in [6.45, 7) is 4.61. The molecule has 0 saturated heterocycles. The van der Waals surface area contributed by atoms with E-state index in [0.717, 1.165) is 44.3 Å². The molecule has 0 radical (unpaired) electrons. The summed E-state index contributed by atoms with van der Waals surface area (Å²) in [7, 11) is 0. The van der Waals surface area contributed by atoms with Crippen LogP contribution in [0.2, 0.25) is 0 Å². The Morgan fingerprint density at radius 3 is 2.48 bits per heavy atom. The molecule has 0 heterocycles. The molecule has 0 atom stereocenters. The maximum atomic E-state index is 11.8. The molecule has 0 aliphatic carbocycles. The molecule has 4 nitrogen and oxygen atoms in total. The Kier molecular flexibility index (Phi) is 9.70. The highest BCUT2D eigenvalue weighted by atomic mass is 16.6. The summed E-state index contributed by atoms with van der Waals surface area (Å²) in [5, 5.41) is 3.29. The lowest BCUT2D eigenvalue weighted by Crippen LogP contribution is -2.13. The van der Waals surface area contributed by atoms with Crippen molar-refractivity contribution in [3.8, 4) is 0 Å². The topological polar surface area (TPSA) is 64.3 Å². The fourth-order valence-electron chi connectivity index (χ4n) is 2.23. The Hall–Kier alpha value is -1.23. The van der Waals surface area contributed by atoms with Crippen molar-refractivity contribution in [2.75, 3.05) is 13.1 Å². The summed E-state index contributed by atoms with van der Waals surface area (Å²) in [4.78, 5) is 16.4. The summed E-state index contributed by atoms with van der Waals surface area (Å²) in [6.07, 6.45) is 5.47. The molecule has 0 aliphatic rings. The molecule has 3 N–H and O–H groups in total. The molecule has 4 heteroatoms. The van der Waals surface area contributed by atoms with Crippen LogP contribution in [-0.2, 0) is 22.7 Å². The Morgan fingerprint density at radius 1 is 1.10 bits per heavy atom. The average Bonchev–Trinajstić information content (AvgIpc) is 2.50. The number of carbonyl (C=O) groups is 1. The first-order valence-electron chi connectivity index (χ1n) is 7.88. The van der Waals surface area contributed by atoms with Crippen molar-refractivity contribution in [2.45, 2.75) is 52.1 Å². The number of nitrogens with one attached hydrogen (secondary N) is 1. The molecule has 0 spiro atoms. The van der Waals surface area contributed by atoms with Gasteiger partial charge in [0, 0.05) is 12.8 Å². The van der Waals surface area contributed by atoms with E-state index in [-0.39, 0.29) is 0 Å². The van der Waals surface area contributed by atoms with E-state index in [2.05, 4.69) is 17.1 Å². The highest BCUT2D eigenvalue weighted by Crippen LogP contribution is 2.09. The third-order valence-electron chi connectivity index (χ3n) is 3.52. The van der Waals surface area contributed by atoms with Crippen LogP contribution in [0.4, 0.5) is 0 Å². The largest absolute Gasteiger partial charge is 0.317 e. The number of rotatable bonds is 12. The monoisotopic (exact) mass is 292 g/mol. The van der Waals surface area contributed by atoms with E-state index in [0.29, 0.717) is 25.2 Å². The zero-order chi connectivity index (χ0) is 15.3. The lowest BCUT2D eigenvalue weighted by atomic mass is 10.0. The lowest BCUT2D eigenvalue weighted by Gasteiger charge is -2.04. The Morgan fingerprint density at radius 2 is 1.81 bits per heavy atom. The second kappa shape index (κ2) is 11.4. The van der Waals surface area contributed by atoms with Crippen molar-refractivity contribution >= 4 is 5.78 Å². The second-order valence-corrected chi connectivity index (χ2v) is 5.33. The summed E-state index contributed by atoms with van der Waals surface area (Å²) < 4.78 is 0. The third-order valence-corrected chi connectivity index (χ3v) is 3.52. The molecule has 0 saturated carbocycles. The number of unbranched alkanes of at least 4 members (excludes halogenated alkanes) is 2. The minimum atomic E-state index is 0.368. The standard InChI is InChI=1S/C17H28N2O2/c1-2-19-13-5-3-4-6-17(20)12-11-15-7-9-16(10-8-15)14-21-18/h7-10,19H,2-6,11-14,18H2,1H3. The van der Waals surface area contributed by atoms with Crippen LogP contribution in [0.5, 0.6) is 0 Å². The van der Waals surface area contributed by atoms with Crippen LogP contribution < -0.4 is 11.2 Å². The van der Waals surface area contributed by atoms with Gasteiger partial charge in [-0.1, -0.05) is 37.6 Å². The normalized spacial score (nSPS) is 10.8. The first kappa shape index (κ1) is 17.8. The van der Waals surface area contributed by atoms with E-state index >= 15 is 0 Å². The van der Waals surface area contributed by atoms with Gasteiger partial charge in [-0.15, -0.1) is 0 Å². The molecule has 1 rings (SSSR count). The third kappa shape index (κ3) is 8.60. The van der Waals surface area contributed by atoms with Gasteiger partial charge in [-0.2, -0.15) is 0 Å². The summed E-state index contributed by atoms with van der Waals surface area (Å²) >= 11 is 0. The van der Waals surface area contributed by atoms with Gasteiger partial charge in [0.05, 0.1) is 6.61 Å². The maximum absolute atomic E-state index is 11.8. The van der Waals surface area contributed by atoms with Crippen LogP contribution in [0.25, 0.3) is 0 Å². The molecule has 21 heavy (non-hydrogen) atoms. The Labute approximate surface area is 128 Å². The quantitative estimate of drug-likeness (QED) is 0.459. The second-order valence-electron chi connectivity index (χ2n) is 5.33. The number of benzene rings is 1. The first-order valence-corrected chi connectivity index (χ1v) is 7.88. The highest BCUT2D eigenvalue weighted by Gasteiger charge is 2.03. The summed E-state index contributed by atoms with van der Waals surface area (Å²) in [5.74, 6) is 5.40. The molecule has 0 amide bonds. The molecule has 1 aromatic carbocycles. The predicted octanol–water partition coefficient (Wildman–Crippen LogP) is 2.75. The van der Waals surface area contributed by atoms with Crippen molar-refractivity contribution in [3.05, 3.63) is 35.4 Å². The number of ketones is 1. The number of Topliss-reactive ketones (excluding diaryl/α,β-unsaturated/α-hetero) is 1. The van der Waals surface area contributed by atoms with Crippen LogP contribution in [0.1, 0.15) is 50.2 Å². The Bertz CT molecular complexity index is 390. The van der Waals surface area contributed by atoms with Crippen LogP contribution >= 0.6 is 0 Å². The van der Waals surface area contributed by atoms with Gasteiger partial charge >= 0.3 is 0 Å². The smallest absolute Gasteiger partial charge is 0.133 e. The number of aryl methyl sites for hydroxylation is 1. The van der Waals surface area contributed by atoms with Gasteiger partial charge in [-0.3, -0.25) is 9.63 Å². The van der Waals surface area contributed by atoms with Crippen molar-refractivity contribution in [2.24, 2.45) is 5.90 Å². The zero-order valence-corrected chi connectivity index (χ0v) is 13.1. The molecule has 0 unspecified atom stereocenters. The van der Waals surface area contributed by atoms with Gasteiger partial charge in [-0.05, 0) is 43.5 Å². The van der Waals surface area contributed by atoms with E-state index < -0.39 is 0 Å². The summed E-state index contributed by atoms with van der Waals surface area (Å²) in [6, 6.07) is 8.07. The van der Waals surface area contributed by atoms with Gasteiger partial charge in [0.25, 0.3) is 0 Å². The minimum Gasteiger partial charge on any atom is -0.317 e. The van der Waals surface area contributed by atoms with Gasteiger partial charge in [0.15, 0.2) is 0 Å². The van der Waals surface area contributed by atoms with Gasteiger partial charge in [0.1, 0.15) is 5.78 Å². The van der Waals surface area contributed by atoms with Gasteiger partial charge in [0.2, 0.25) is 0 Å². The minimum absolute atomic E-state index is 0.368. The van der Waals surface area contributed by atoms with Crippen molar-refractivity contribution < 1.29 is 9.63 Å². The number of hydrogen-bond acceptors (Lipinski definition) is 4. The highest BCUT2D eigenvalue weighted by molar-refractivity contribution is 5.78. The zero-order valence-electron chi connectivity index (χ0n) is 13.1. The van der Waals surface area contributed by atoms with E-state index in [4.69, 9.17) is 5.90 Å². The van der Waals surface area contributed by atoms with Crippen LogP contribution in [-0.4, -0.2) is 18.9 Å². The van der Waals surface area contributed by atoms with Gasteiger partial charge in [-0.25, -0.2) is 5.90 Å². The first-order chi connectivity index (χ1) is 10.3. The lowest BCUT2D eigenvalue weighted by molar-refractivity contribution is -0.119. The predicted molar refractivity (Wildman–Crippen MR) is 85.8 cm³/mol. The molecule has 118 valence electrons. The molecule has 0 fully saturated rings. The average molecular weight is 292 g/mol. The van der Waals surface area contributed by atoms with E-state index in [1.54, 1.807) is 0 Å². The molecular weight excluding hydrogens is 264 g/mol. The fraction of sp³-hybridized carbons (Fsp3) is 0.588. The SMILES string of the molecule is CCNCCCCCC(=O)CCc1ccc(CON)cc1. The van der Waals surface area contributed by atoms with Crippen molar-refractivity contribution in [1.82, 2.24) is 5.32 Å². The van der Waals surface area contributed by atoms with Crippen LogP contribution in [0.15, 0.2) is 24.3 Å².